The second-order valence-corrected chi connectivity index (χ2v) is 5.08. The van der Waals surface area contributed by atoms with Crippen molar-refractivity contribution >= 4 is 5.91 Å². The molecule has 1 amide bonds. The molecule has 0 atom stereocenters. The lowest BCUT2D eigenvalue weighted by molar-refractivity contribution is -0.0168. The van der Waals surface area contributed by atoms with E-state index in [1.807, 2.05) is 20.8 Å². The lowest BCUT2D eigenvalue weighted by Crippen LogP contribution is -2.23. The first-order valence-corrected chi connectivity index (χ1v) is 6.37. The molecule has 0 fully saturated rings. The summed E-state index contributed by atoms with van der Waals surface area (Å²) in [6, 6.07) is 3.28. The number of nitrogens with one attached hydrogen (secondary N) is 1. The normalized spacial score (nSPS) is 10.7. The van der Waals surface area contributed by atoms with Gasteiger partial charge in [0.1, 0.15) is 6.61 Å². The lowest BCUT2D eigenvalue weighted by Gasteiger charge is -2.19. The Morgan fingerprint density at radius 2 is 2.15 bits per heavy atom. The number of hydrogen-bond donors (Lipinski definition) is 1. The summed E-state index contributed by atoms with van der Waals surface area (Å²) in [6.45, 7) is 7.03. The molecule has 0 saturated heterocycles. The molecule has 20 heavy (non-hydrogen) atoms. The van der Waals surface area contributed by atoms with Gasteiger partial charge in [-0.05, 0) is 26.8 Å². The van der Waals surface area contributed by atoms with Gasteiger partial charge < -0.3 is 14.8 Å². The Morgan fingerprint density at radius 1 is 1.40 bits per heavy atom. The van der Waals surface area contributed by atoms with Crippen molar-refractivity contribution in [2.75, 3.05) is 19.8 Å². The maximum absolute atomic E-state index is 11.6. The van der Waals surface area contributed by atoms with Crippen LogP contribution in [0.1, 0.15) is 31.1 Å². The summed E-state index contributed by atoms with van der Waals surface area (Å²) >= 11 is 0. The first-order chi connectivity index (χ1) is 9.42. The molecule has 0 aliphatic carbocycles. The van der Waals surface area contributed by atoms with Gasteiger partial charge in [0.05, 0.1) is 24.3 Å². The highest BCUT2D eigenvalue weighted by molar-refractivity contribution is 5.94. The van der Waals surface area contributed by atoms with Gasteiger partial charge >= 0.3 is 0 Å². The molecule has 0 unspecified atom stereocenters. The number of carbonyl (C=O) groups is 1. The van der Waals surface area contributed by atoms with Gasteiger partial charge in [0.25, 0.3) is 5.91 Å². The van der Waals surface area contributed by atoms with Crippen molar-refractivity contribution < 1.29 is 14.3 Å². The molecular weight excluding hydrogens is 256 g/mol. The maximum Gasteiger partial charge on any atom is 0.253 e. The molecule has 0 aliphatic heterocycles. The maximum atomic E-state index is 11.6. The van der Waals surface area contributed by atoms with Crippen LogP contribution in [0.15, 0.2) is 18.3 Å². The summed E-state index contributed by atoms with van der Waals surface area (Å²) < 4.78 is 10.9. The van der Waals surface area contributed by atoms with Gasteiger partial charge in [-0.1, -0.05) is 5.92 Å². The summed E-state index contributed by atoms with van der Waals surface area (Å²) in [5.74, 6) is 2.54. The minimum atomic E-state index is -0.252. The number of nitrogens with zero attached hydrogens (tertiary/aromatic N) is 1. The highest BCUT2D eigenvalue weighted by Crippen LogP contribution is 2.09. The van der Waals surface area contributed by atoms with Gasteiger partial charge in [-0.15, -0.1) is 6.42 Å². The summed E-state index contributed by atoms with van der Waals surface area (Å²) in [7, 11) is 0. The third-order valence-electron chi connectivity index (χ3n) is 2.22. The number of ether oxygens (including phenoxy) is 2. The van der Waals surface area contributed by atoms with E-state index in [9.17, 15) is 4.79 Å². The average Bonchev–Trinajstić information content (AvgIpc) is 2.40. The van der Waals surface area contributed by atoms with Crippen LogP contribution in [0.5, 0.6) is 5.88 Å². The Balaban J connectivity index is 2.39. The molecule has 0 bridgehead atoms. The average molecular weight is 276 g/mol. The van der Waals surface area contributed by atoms with Gasteiger partial charge in [-0.2, -0.15) is 0 Å². The van der Waals surface area contributed by atoms with Crippen LogP contribution in [0.25, 0.3) is 0 Å². The predicted molar refractivity (Wildman–Crippen MR) is 76.6 cm³/mol. The predicted octanol–water partition coefficient (Wildman–Crippen LogP) is 1.64. The fourth-order valence-electron chi connectivity index (χ4n) is 1.33. The third kappa shape index (κ3) is 6.21. The quantitative estimate of drug-likeness (QED) is 0.634. The standard InChI is InChI=1S/C15H20N2O3/c1-5-8-16-14(18)12-6-7-13(17-11-12)19-9-10-20-15(2,3)4/h1,6-7,11H,8-10H2,2-4H3,(H,16,18). The van der Waals surface area contributed by atoms with Crippen molar-refractivity contribution in [1.29, 1.82) is 0 Å². The second kappa shape index (κ2) is 7.51. The molecule has 5 nitrogen and oxygen atoms in total. The monoisotopic (exact) mass is 276 g/mol. The Morgan fingerprint density at radius 3 is 2.70 bits per heavy atom. The van der Waals surface area contributed by atoms with Crippen LogP contribution < -0.4 is 10.1 Å². The number of aromatic nitrogens is 1. The minimum Gasteiger partial charge on any atom is -0.475 e. The van der Waals surface area contributed by atoms with Crippen LogP contribution >= 0.6 is 0 Å². The zero-order valence-electron chi connectivity index (χ0n) is 12.1. The minimum absolute atomic E-state index is 0.185. The Hall–Kier alpha value is -2.06. The largest absolute Gasteiger partial charge is 0.475 e. The number of amides is 1. The summed E-state index contributed by atoms with van der Waals surface area (Å²) in [4.78, 5) is 15.6. The number of pyridine rings is 1. The van der Waals surface area contributed by atoms with E-state index in [1.165, 1.54) is 6.20 Å². The van der Waals surface area contributed by atoms with Crippen LogP contribution in [0, 0.1) is 12.3 Å². The third-order valence-corrected chi connectivity index (χ3v) is 2.22. The topological polar surface area (TPSA) is 60.5 Å². The van der Waals surface area contributed by atoms with E-state index in [1.54, 1.807) is 12.1 Å². The molecule has 1 N–H and O–H groups in total. The molecule has 5 heteroatoms. The Labute approximate surface area is 119 Å². The fraction of sp³-hybridized carbons (Fsp3) is 0.467. The summed E-state index contributed by atoms with van der Waals surface area (Å²) in [5, 5.41) is 2.56. The molecule has 1 heterocycles. The fourth-order valence-corrected chi connectivity index (χ4v) is 1.33. The SMILES string of the molecule is C#CCNC(=O)c1ccc(OCCOC(C)(C)C)nc1. The molecule has 0 aromatic carbocycles. The summed E-state index contributed by atoms with van der Waals surface area (Å²) in [5.41, 5.74) is 0.258. The number of carbonyl (C=O) groups excluding carboxylic acids is 1. The Bertz CT molecular complexity index is 469. The van der Waals surface area contributed by atoms with Crippen molar-refractivity contribution in [2.24, 2.45) is 0 Å². The molecule has 108 valence electrons. The van der Waals surface area contributed by atoms with E-state index in [-0.39, 0.29) is 18.1 Å². The molecular formula is C15H20N2O3. The van der Waals surface area contributed by atoms with E-state index < -0.39 is 0 Å². The van der Waals surface area contributed by atoms with Crippen molar-refractivity contribution in [2.45, 2.75) is 26.4 Å². The number of hydrogen-bond acceptors (Lipinski definition) is 4. The van der Waals surface area contributed by atoms with E-state index in [4.69, 9.17) is 15.9 Å². The van der Waals surface area contributed by atoms with Crippen molar-refractivity contribution in [3.63, 3.8) is 0 Å². The van der Waals surface area contributed by atoms with Gasteiger partial charge in [0.15, 0.2) is 0 Å². The van der Waals surface area contributed by atoms with Crippen LogP contribution in [-0.4, -0.2) is 36.3 Å². The van der Waals surface area contributed by atoms with Gasteiger partial charge in [0.2, 0.25) is 5.88 Å². The highest BCUT2D eigenvalue weighted by atomic mass is 16.5. The molecule has 0 radical (unpaired) electrons. The first kappa shape index (κ1) is 16.0. The highest BCUT2D eigenvalue weighted by Gasteiger charge is 2.09. The zero-order chi connectivity index (χ0) is 15.0. The van der Waals surface area contributed by atoms with Crippen molar-refractivity contribution in [3.8, 4) is 18.2 Å². The van der Waals surface area contributed by atoms with E-state index in [2.05, 4.69) is 16.2 Å². The molecule has 0 aliphatic rings. The Kier molecular flexibility index (Phi) is 6.01. The number of terminal acetylenes is 1. The van der Waals surface area contributed by atoms with Gasteiger partial charge in [-0.3, -0.25) is 4.79 Å². The van der Waals surface area contributed by atoms with E-state index in [0.717, 1.165) is 0 Å². The molecule has 1 aromatic heterocycles. The van der Waals surface area contributed by atoms with Crippen molar-refractivity contribution in [3.05, 3.63) is 23.9 Å². The van der Waals surface area contributed by atoms with Crippen LogP contribution in [-0.2, 0) is 4.74 Å². The van der Waals surface area contributed by atoms with Gasteiger partial charge in [-0.25, -0.2) is 4.98 Å². The van der Waals surface area contributed by atoms with Gasteiger partial charge in [0, 0.05) is 12.3 Å². The van der Waals surface area contributed by atoms with Crippen LogP contribution in [0.3, 0.4) is 0 Å². The molecule has 1 aromatic rings. The number of rotatable bonds is 6. The second-order valence-electron chi connectivity index (χ2n) is 5.08. The first-order valence-electron chi connectivity index (χ1n) is 6.37. The zero-order valence-corrected chi connectivity index (χ0v) is 12.1. The smallest absolute Gasteiger partial charge is 0.253 e. The van der Waals surface area contributed by atoms with E-state index in [0.29, 0.717) is 24.7 Å². The molecule has 0 spiro atoms. The van der Waals surface area contributed by atoms with Crippen molar-refractivity contribution in [1.82, 2.24) is 10.3 Å². The summed E-state index contributed by atoms with van der Waals surface area (Å²) in [6.07, 6.45) is 6.52. The molecule has 0 saturated carbocycles. The van der Waals surface area contributed by atoms with Crippen LogP contribution in [0.2, 0.25) is 0 Å². The van der Waals surface area contributed by atoms with Crippen LogP contribution in [0.4, 0.5) is 0 Å². The van der Waals surface area contributed by atoms with E-state index >= 15 is 0 Å². The lowest BCUT2D eigenvalue weighted by atomic mass is 10.2. The molecule has 1 rings (SSSR count).